The second-order valence-corrected chi connectivity index (χ2v) is 7.54. The number of ether oxygens (including phenoxy) is 2. The molecule has 0 spiro atoms. The smallest absolute Gasteiger partial charge is 0.407 e. The summed E-state index contributed by atoms with van der Waals surface area (Å²) in [5.74, 6) is 0.508. The predicted octanol–water partition coefficient (Wildman–Crippen LogP) is 1.65. The number of piperazine rings is 1. The third-order valence-electron chi connectivity index (χ3n) is 4.10. The Balaban J connectivity index is 1.64. The van der Waals surface area contributed by atoms with Crippen molar-refractivity contribution < 1.29 is 23.9 Å². The van der Waals surface area contributed by atoms with E-state index in [4.69, 9.17) is 9.47 Å². The molecule has 0 aromatic heterocycles. The van der Waals surface area contributed by atoms with E-state index in [9.17, 15) is 14.4 Å². The largest absolute Gasteiger partial charge is 0.484 e. The maximum absolute atomic E-state index is 12.3. The van der Waals surface area contributed by atoms with Crippen LogP contribution in [0.15, 0.2) is 30.3 Å². The Morgan fingerprint density at radius 2 is 1.54 bits per heavy atom. The number of carbonyl (C=O) groups is 3. The lowest BCUT2D eigenvalue weighted by Crippen LogP contribution is -2.52. The molecule has 1 fully saturated rings. The molecule has 0 atom stereocenters. The van der Waals surface area contributed by atoms with Gasteiger partial charge in [0.2, 0.25) is 5.91 Å². The molecule has 1 N–H and O–H groups in total. The van der Waals surface area contributed by atoms with Crippen molar-refractivity contribution in [3.8, 4) is 5.75 Å². The molecular weight excluding hydrogens is 362 g/mol. The number of hydrogen-bond acceptors (Lipinski definition) is 5. The van der Waals surface area contributed by atoms with Crippen molar-refractivity contribution in [3.63, 3.8) is 0 Å². The molecule has 3 amide bonds. The first-order valence-corrected chi connectivity index (χ1v) is 9.45. The number of benzene rings is 1. The Hall–Kier alpha value is -2.77. The lowest BCUT2D eigenvalue weighted by Gasteiger charge is -2.34. The first-order chi connectivity index (χ1) is 13.2. The molecular formula is C20H29N3O5. The lowest BCUT2D eigenvalue weighted by molar-refractivity contribution is -0.140. The van der Waals surface area contributed by atoms with Crippen LogP contribution < -0.4 is 10.1 Å². The van der Waals surface area contributed by atoms with Gasteiger partial charge in [0.1, 0.15) is 11.4 Å². The van der Waals surface area contributed by atoms with E-state index < -0.39 is 11.7 Å². The number of rotatable bonds is 6. The predicted molar refractivity (Wildman–Crippen MR) is 104 cm³/mol. The molecule has 0 radical (unpaired) electrons. The second kappa shape index (κ2) is 9.96. The van der Waals surface area contributed by atoms with Crippen molar-refractivity contribution in [2.45, 2.75) is 32.8 Å². The molecule has 1 aromatic carbocycles. The summed E-state index contributed by atoms with van der Waals surface area (Å²) in [6, 6.07) is 9.18. The first kappa shape index (κ1) is 21.5. The summed E-state index contributed by atoms with van der Waals surface area (Å²) in [6.45, 7) is 7.45. The fourth-order valence-electron chi connectivity index (χ4n) is 2.70. The normalized spacial score (nSPS) is 14.4. The summed E-state index contributed by atoms with van der Waals surface area (Å²) < 4.78 is 10.6. The van der Waals surface area contributed by atoms with Crippen LogP contribution in [0.4, 0.5) is 4.79 Å². The number of nitrogens with zero attached hydrogens (tertiary/aromatic N) is 2. The summed E-state index contributed by atoms with van der Waals surface area (Å²) in [7, 11) is 0. The summed E-state index contributed by atoms with van der Waals surface area (Å²) in [4.78, 5) is 39.5. The van der Waals surface area contributed by atoms with Gasteiger partial charge in [-0.3, -0.25) is 9.59 Å². The monoisotopic (exact) mass is 391 g/mol. The standard InChI is InChI=1S/C20H29N3O5/c1-20(2,3)28-19(26)21-10-9-17(24)22-11-13-23(14-12-22)18(25)15-27-16-7-5-4-6-8-16/h4-8H,9-15H2,1-3H3,(H,21,26). The van der Waals surface area contributed by atoms with Gasteiger partial charge in [-0.2, -0.15) is 0 Å². The topological polar surface area (TPSA) is 88.2 Å². The van der Waals surface area contributed by atoms with Crippen LogP contribution in [0.25, 0.3) is 0 Å². The van der Waals surface area contributed by atoms with Crippen LogP contribution in [0.3, 0.4) is 0 Å². The molecule has 1 saturated heterocycles. The van der Waals surface area contributed by atoms with Crippen LogP contribution in [-0.2, 0) is 14.3 Å². The van der Waals surface area contributed by atoms with E-state index in [-0.39, 0.29) is 31.4 Å². The van der Waals surface area contributed by atoms with E-state index in [2.05, 4.69) is 5.32 Å². The molecule has 0 bridgehead atoms. The summed E-state index contributed by atoms with van der Waals surface area (Å²) >= 11 is 0. The quantitative estimate of drug-likeness (QED) is 0.797. The van der Waals surface area contributed by atoms with Crippen molar-refractivity contribution >= 4 is 17.9 Å². The van der Waals surface area contributed by atoms with Crippen molar-refractivity contribution in [3.05, 3.63) is 30.3 Å². The molecule has 0 unspecified atom stereocenters. The number of carbonyl (C=O) groups excluding carboxylic acids is 3. The third kappa shape index (κ3) is 7.46. The Labute approximate surface area is 165 Å². The highest BCUT2D eigenvalue weighted by atomic mass is 16.6. The zero-order valence-electron chi connectivity index (χ0n) is 16.8. The van der Waals surface area contributed by atoms with Gasteiger partial charge in [0.15, 0.2) is 6.61 Å². The molecule has 2 rings (SSSR count). The molecule has 0 aliphatic carbocycles. The molecule has 154 valence electrons. The maximum atomic E-state index is 12.3. The van der Waals surface area contributed by atoms with E-state index in [0.717, 1.165) is 0 Å². The van der Waals surface area contributed by atoms with Gasteiger partial charge >= 0.3 is 6.09 Å². The number of hydrogen-bond donors (Lipinski definition) is 1. The van der Waals surface area contributed by atoms with Gasteiger partial charge in [-0.05, 0) is 32.9 Å². The minimum absolute atomic E-state index is 0.0161. The fraction of sp³-hybridized carbons (Fsp3) is 0.550. The minimum atomic E-state index is -0.568. The third-order valence-corrected chi connectivity index (χ3v) is 4.10. The summed E-state index contributed by atoms with van der Waals surface area (Å²) in [5.41, 5.74) is -0.568. The Bertz CT molecular complexity index is 664. The Morgan fingerprint density at radius 1 is 0.964 bits per heavy atom. The number of alkyl carbamates (subject to hydrolysis) is 1. The van der Waals surface area contributed by atoms with Crippen LogP contribution in [0.1, 0.15) is 27.2 Å². The van der Waals surface area contributed by atoms with Gasteiger partial charge in [-0.15, -0.1) is 0 Å². The van der Waals surface area contributed by atoms with Crippen LogP contribution in [0.5, 0.6) is 5.75 Å². The van der Waals surface area contributed by atoms with E-state index in [1.807, 2.05) is 18.2 Å². The maximum Gasteiger partial charge on any atom is 0.407 e. The number of nitrogens with one attached hydrogen (secondary N) is 1. The van der Waals surface area contributed by atoms with E-state index >= 15 is 0 Å². The Morgan fingerprint density at radius 3 is 2.11 bits per heavy atom. The lowest BCUT2D eigenvalue weighted by atomic mass is 10.2. The van der Waals surface area contributed by atoms with Gasteiger partial charge in [0.25, 0.3) is 5.91 Å². The summed E-state index contributed by atoms with van der Waals surface area (Å²) in [6.07, 6.45) is -0.334. The minimum Gasteiger partial charge on any atom is -0.484 e. The van der Waals surface area contributed by atoms with E-state index in [1.165, 1.54) is 0 Å². The van der Waals surface area contributed by atoms with E-state index in [0.29, 0.717) is 31.9 Å². The molecule has 1 heterocycles. The fourth-order valence-corrected chi connectivity index (χ4v) is 2.70. The molecule has 28 heavy (non-hydrogen) atoms. The zero-order valence-corrected chi connectivity index (χ0v) is 16.8. The molecule has 1 aromatic rings. The van der Waals surface area contributed by atoms with Crippen LogP contribution in [0, 0.1) is 0 Å². The molecule has 0 saturated carbocycles. The van der Waals surface area contributed by atoms with Crippen molar-refractivity contribution in [1.29, 1.82) is 0 Å². The number of para-hydroxylation sites is 1. The molecule has 1 aliphatic rings. The van der Waals surface area contributed by atoms with Crippen LogP contribution in [0.2, 0.25) is 0 Å². The average molecular weight is 391 g/mol. The van der Waals surface area contributed by atoms with Crippen LogP contribution >= 0.6 is 0 Å². The highest BCUT2D eigenvalue weighted by Gasteiger charge is 2.24. The highest BCUT2D eigenvalue weighted by molar-refractivity contribution is 5.79. The Kier molecular flexibility index (Phi) is 7.66. The van der Waals surface area contributed by atoms with Gasteiger partial charge in [-0.1, -0.05) is 18.2 Å². The summed E-state index contributed by atoms with van der Waals surface area (Å²) in [5, 5.41) is 2.58. The van der Waals surface area contributed by atoms with Crippen LogP contribution in [-0.4, -0.2) is 72.6 Å². The second-order valence-electron chi connectivity index (χ2n) is 7.54. The van der Waals surface area contributed by atoms with Crippen molar-refractivity contribution in [2.75, 3.05) is 39.3 Å². The van der Waals surface area contributed by atoms with Crippen molar-refractivity contribution in [1.82, 2.24) is 15.1 Å². The van der Waals surface area contributed by atoms with Gasteiger partial charge in [0, 0.05) is 39.1 Å². The van der Waals surface area contributed by atoms with Gasteiger partial charge in [0.05, 0.1) is 0 Å². The molecule has 8 heteroatoms. The first-order valence-electron chi connectivity index (χ1n) is 9.45. The zero-order chi connectivity index (χ0) is 20.6. The molecule has 8 nitrogen and oxygen atoms in total. The highest BCUT2D eigenvalue weighted by Crippen LogP contribution is 2.10. The molecule has 1 aliphatic heterocycles. The van der Waals surface area contributed by atoms with Crippen molar-refractivity contribution in [2.24, 2.45) is 0 Å². The van der Waals surface area contributed by atoms with E-state index in [1.54, 1.807) is 42.7 Å². The SMILES string of the molecule is CC(C)(C)OC(=O)NCCC(=O)N1CCN(C(=O)COc2ccccc2)CC1. The van der Waals surface area contributed by atoms with Gasteiger partial charge in [-0.25, -0.2) is 4.79 Å². The average Bonchev–Trinajstić information content (AvgIpc) is 2.65. The van der Waals surface area contributed by atoms with Gasteiger partial charge < -0.3 is 24.6 Å². The number of amides is 3.